The van der Waals surface area contributed by atoms with Gasteiger partial charge in [0.25, 0.3) is 0 Å². The molecule has 5 rings (SSSR count). The van der Waals surface area contributed by atoms with Gasteiger partial charge in [-0.3, -0.25) is 4.79 Å². The molecule has 1 aliphatic heterocycles. The zero-order chi connectivity index (χ0) is 32.5. The number of nitrogens with zero attached hydrogens (tertiary/aromatic N) is 1. The summed E-state index contributed by atoms with van der Waals surface area (Å²) >= 11 is 1.82. The zero-order valence-corrected chi connectivity index (χ0v) is 27.8. The van der Waals surface area contributed by atoms with Gasteiger partial charge in [0.2, 0.25) is 5.79 Å². The molecule has 248 valence electrons. The average molecular weight is 650 g/mol. The zero-order valence-electron chi connectivity index (χ0n) is 26.9. The van der Waals surface area contributed by atoms with Crippen molar-refractivity contribution in [3.63, 3.8) is 0 Å². The summed E-state index contributed by atoms with van der Waals surface area (Å²) in [6, 6.07) is 13.1. The molecule has 0 unspecified atom stereocenters. The molecular weight excluding hydrogens is 602 g/mol. The summed E-state index contributed by atoms with van der Waals surface area (Å²) in [7, 11) is 1.60. The average Bonchev–Trinajstić information content (AvgIpc) is 3.07. The van der Waals surface area contributed by atoms with Crippen LogP contribution in [0, 0.1) is 17.8 Å². The van der Waals surface area contributed by atoms with Crippen molar-refractivity contribution in [2.45, 2.75) is 68.8 Å². The van der Waals surface area contributed by atoms with E-state index < -0.39 is 5.79 Å². The van der Waals surface area contributed by atoms with E-state index in [4.69, 9.17) is 19.0 Å². The first kappa shape index (κ1) is 34.2. The molecule has 0 radical (unpaired) electrons. The number of carbonyl (C=O) groups is 1. The van der Waals surface area contributed by atoms with Gasteiger partial charge < -0.3 is 29.3 Å². The third-order valence-electron chi connectivity index (χ3n) is 9.42. The quantitative estimate of drug-likeness (QED) is 0.0796. The summed E-state index contributed by atoms with van der Waals surface area (Å²) in [5.74, 6) is 2.20. The fraction of sp³-hybridized carbons (Fsp3) is 0.514. The Hall–Kier alpha value is -3.11. The minimum Gasteiger partial charge on any atom is -0.460 e. The normalized spacial score (nSPS) is 27.2. The highest BCUT2D eigenvalue weighted by molar-refractivity contribution is 8.00. The number of fused-ring (bicyclic) bond motifs is 2. The van der Waals surface area contributed by atoms with E-state index in [2.05, 4.69) is 30.8 Å². The van der Waals surface area contributed by atoms with Crippen LogP contribution in [0.25, 0.3) is 0 Å². The fourth-order valence-corrected chi connectivity index (χ4v) is 8.81. The molecule has 0 bridgehead atoms. The minimum atomic E-state index is -0.961. The first-order valence-electron chi connectivity index (χ1n) is 16.5. The van der Waals surface area contributed by atoms with Crippen molar-refractivity contribution in [3.05, 3.63) is 77.9 Å². The number of aliphatic hydroxyl groups excluding tert-OH is 2. The number of aldehydes is 1. The standard InChI is InChI=1S/C37H47NO7S/c1-4-19-43-37-34(46-5-2)23-32(38-42-3)30-21-26(12-6-8-17-39)29(14-7-9-18-40)35(36(30)37)31-22-28(15-16-33(31)45-37)44-27-13-10-11-25(20-27)24-41/h4,10-11,13,15-16,20-22,24,26,29,34-36,39-40H,1,5-9,12,14,17-19,23H2,2-3H3/t26-,29+,34-,35+,36+,37+/m0/s1. The summed E-state index contributed by atoms with van der Waals surface area (Å²) < 4.78 is 20.3. The Morgan fingerprint density at radius 2 is 1.87 bits per heavy atom. The van der Waals surface area contributed by atoms with E-state index in [0.717, 1.165) is 73.2 Å². The van der Waals surface area contributed by atoms with Crippen molar-refractivity contribution in [2.24, 2.45) is 22.9 Å². The molecule has 2 aliphatic carbocycles. The van der Waals surface area contributed by atoms with Crippen LogP contribution in [0.15, 0.2) is 71.9 Å². The Kier molecular flexibility index (Phi) is 12.0. The molecule has 1 fully saturated rings. The highest BCUT2D eigenvalue weighted by Crippen LogP contribution is 2.62. The lowest BCUT2D eigenvalue weighted by molar-refractivity contribution is -0.223. The van der Waals surface area contributed by atoms with Gasteiger partial charge in [-0.25, -0.2) is 0 Å². The van der Waals surface area contributed by atoms with E-state index in [-0.39, 0.29) is 42.1 Å². The Morgan fingerprint density at radius 3 is 2.59 bits per heavy atom. The number of unbranched alkanes of at least 4 members (excludes halogenated alkanes) is 2. The summed E-state index contributed by atoms with van der Waals surface area (Å²) in [4.78, 5) is 16.9. The van der Waals surface area contributed by atoms with Crippen LogP contribution in [-0.4, -0.2) is 65.9 Å². The van der Waals surface area contributed by atoms with E-state index in [9.17, 15) is 15.0 Å². The van der Waals surface area contributed by atoms with Gasteiger partial charge in [0.05, 0.1) is 23.5 Å². The monoisotopic (exact) mass is 649 g/mol. The summed E-state index contributed by atoms with van der Waals surface area (Å²) in [5, 5.41) is 23.9. The van der Waals surface area contributed by atoms with Crippen molar-refractivity contribution in [1.29, 1.82) is 0 Å². The maximum Gasteiger partial charge on any atom is 0.230 e. The third-order valence-corrected chi connectivity index (χ3v) is 10.7. The van der Waals surface area contributed by atoms with Crippen LogP contribution in [0.3, 0.4) is 0 Å². The second kappa shape index (κ2) is 16.1. The fourth-order valence-electron chi connectivity index (χ4n) is 7.64. The van der Waals surface area contributed by atoms with E-state index in [1.54, 1.807) is 25.3 Å². The number of allylic oxidation sites excluding steroid dienone is 1. The second-order valence-electron chi connectivity index (χ2n) is 12.2. The van der Waals surface area contributed by atoms with Crippen molar-refractivity contribution in [1.82, 2.24) is 0 Å². The molecule has 8 nitrogen and oxygen atoms in total. The maximum atomic E-state index is 11.4. The van der Waals surface area contributed by atoms with Crippen LogP contribution in [-0.2, 0) is 9.57 Å². The molecule has 1 saturated carbocycles. The molecule has 46 heavy (non-hydrogen) atoms. The van der Waals surface area contributed by atoms with Crippen LogP contribution in [0.5, 0.6) is 17.2 Å². The molecule has 0 spiro atoms. The highest BCUT2D eigenvalue weighted by atomic mass is 32.2. The topological polar surface area (TPSA) is 107 Å². The summed E-state index contributed by atoms with van der Waals surface area (Å²) in [6.07, 6.45) is 10.7. The Balaban J connectivity index is 1.70. The van der Waals surface area contributed by atoms with Crippen molar-refractivity contribution >= 4 is 23.8 Å². The van der Waals surface area contributed by atoms with Gasteiger partial charge in [0, 0.05) is 36.7 Å². The van der Waals surface area contributed by atoms with Gasteiger partial charge in [0.15, 0.2) is 0 Å². The Labute approximate surface area is 276 Å². The summed E-state index contributed by atoms with van der Waals surface area (Å²) in [6.45, 7) is 6.77. The molecule has 0 amide bonds. The number of hydrogen-bond donors (Lipinski definition) is 2. The smallest absolute Gasteiger partial charge is 0.230 e. The summed E-state index contributed by atoms with van der Waals surface area (Å²) in [5.41, 5.74) is 3.63. The number of rotatable bonds is 17. The van der Waals surface area contributed by atoms with E-state index >= 15 is 0 Å². The number of ether oxygens (including phenoxy) is 3. The number of carbonyl (C=O) groups excluding carboxylic acids is 1. The first-order chi connectivity index (χ1) is 22.5. The van der Waals surface area contributed by atoms with E-state index in [1.807, 2.05) is 36.0 Å². The molecule has 3 aliphatic rings. The third kappa shape index (κ3) is 7.08. The van der Waals surface area contributed by atoms with Gasteiger partial charge in [-0.15, -0.1) is 6.58 Å². The minimum absolute atomic E-state index is 0.00134. The molecule has 2 aromatic rings. The SMILES string of the molecule is C=CCO[C@@]12Oc3ccc(Oc4cccc(C=O)c4)cc3[C@H]3[C@H](CCCCO)[C@@H](CCCCO)C=C(C(=NOC)C[C@@H]1SCC)[C@H]32. The predicted octanol–water partition coefficient (Wildman–Crippen LogP) is 7.31. The van der Waals surface area contributed by atoms with Crippen LogP contribution < -0.4 is 9.47 Å². The van der Waals surface area contributed by atoms with Crippen LogP contribution in [0.2, 0.25) is 0 Å². The molecule has 6 atom stereocenters. The van der Waals surface area contributed by atoms with E-state index in [0.29, 0.717) is 30.1 Å². The number of aliphatic hydroxyl groups is 2. The number of benzene rings is 2. The lowest BCUT2D eigenvalue weighted by Gasteiger charge is -2.58. The van der Waals surface area contributed by atoms with Crippen molar-refractivity contribution < 1.29 is 34.1 Å². The molecule has 2 aromatic carbocycles. The van der Waals surface area contributed by atoms with Crippen LogP contribution >= 0.6 is 11.8 Å². The number of oxime groups is 1. The highest BCUT2D eigenvalue weighted by Gasteiger charge is 2.63. The van der Waals surface area contributed by atoms with Gasteiger partial charge in [0.1, 0.15) is 30.6 Å². The van der Waals surface area contributed by atoms with Crippen LogP contribution in [0.4, 0.5) is 0 Å². The van der Waals surface area contributed by atoms with Crippen LogP contribution in [0.1, 0.15) is 73.7 Å². The lowest BCUT2D eigenvalue weighted by Crippen LogP contribution is -2.64. The Bertz CT molecular complexity index is 1410. The predicted molar refractivity (Wildman–Crippen MR) is 182 cm³/mol. The molecular formula is C37H47NO7S. The Morgan fingerprint density at radius 1 is 1.09 bits per heavy atom. The second-order valence-corrected chi connectivity index (χ2v) is 13.7. The van der Waals surface area contributed by atoms with Crippen molar-refractivity contribution in [3.8, 4) is 17.2 Å². The van der Waals surface area contributed by atoms with Gasteiger partial charge >= 0.3 is 0 Å². The number of thioether (sulfide) groups is 1. The maximum absolute atomic E-state index is 11.4. The van der Waals surface area contributed by atoms with E-state index in [1.165, 1.54) is 0 Å². The number of hydrogen-bond acceptors (Lipinski definition) is 9. The molecule has 9 heteroatoms. The largest absolute Gasteiger partial charge is 0.460 e. The molecule has 0 saturated heterocycles. The first-order valence-corrected chi connectivity index (χ1v) is 17.5. The molecule has 2 N–H and O–H groups in total. The molecule has 0 aromatic heterocycles. The molecule has 1 heterocycles. The van der Waals surface area contributed by atoms with Gasteiger partial charge in [-0.05, 0) is 79.2 Å². The lowest BCUT2D eigenvalue weighted by atomic mass is 9.56. The van der Waals surface area contributed by atoms with Gasteiger partial charge in [-0.2, -0.15) is 11.8 Å². The van der Waals surface area contributed by atoms with Gasteiger partial charge in [-0.1, -0.05) is 49.2 Å². The van der Waals surface area contributed by atoms with Crippen molar-refractivity contribution in [2.75, 3.05) is 32.7 Å².